The maximum atomic E-state index is 12.9. The Morgan fingerprint density at radius 2 is 1.80 bits per heavy atom. The average Bonchev–Trinajstić information content (AvgIpc) is 2.56. The molecule has 1 atom stereocenters. The van der Waals surface area contributed by atoms with E-state index in [0.29, 0.717) is 18.6 Å². The monoisotopic (exact) mass is 355 g/mol. The van der Waals surface area contributed by atoms with Crippen LogP contribution in [0.25, 0.3) is 0 Å². The molecule has 0 N–H and O–H groups in total. The maximum absolute atomic E-state index is 12.9. The minimum absolute atomic E-state index is 0.452. The molecule has 25 heavy (non-hydrogen) atoms. The molecule has 0 amide bonds. The van der Waals surface area contributed by atoms with Crippen LogP contribution in [-0.2, 0) is 12.7 Å². The topological polar surface area (TPSA) is 9.72 Å². The van der Waals surface area contributed by atoms with E-state index in [9.17, 15) is 13.2 Å². The Bertz CT molecular complexity index is 567. The van der Waals surface area contributed by atoms with Gasteiger partial charge in [-0.25, -0.2) is 0 Å². The quantitative estimate of drug-likeness (QED) is 0.824. The van der Waals surface area contributed by atoms with Crippen molar-refractivity contribution >= 4 is 0 Å². The fraction of sp³-hybridized carbons (Fsp3) is 0.684. The van der Waals surface area contributed by atoms with Gasteiger partial charge in [-0.2, -0.15) is 13.2 Å². The van der Waals surface area contributed by atoms with Gasteiger partial charge >= 0.3 is 6.18 Å². The van der Waals surface area contributed by atoms with Crippen molar-refractivity contribution in [3.63, 3.8) is 0 Å². The second-order valence-electron chi connectivity index (χ2n) is 7.55. The Morgan fingerprint density at radius 3 is 2.44 bits per heavy atom. The van der Waals surface area contributed by atoms with Crippen LogP contribution in [0, 0.1) is 0 Å². The normalized spacial score (nSPS) is 25.4. The van der Waals surface area contributed by atoms with Crippen LogP contribution in [-0.4, -0.2) is 66.6 Å². The molecule has 0 aliphatic carbocycles. The molecule has 1 unspecified atom stereocenters. The van der Waals surface area contributed by atoms with Gasteiger partial charge in [0.15, 0.2) is 0 Å². The molecule has 2 fully saturated rings. The standard InChI is InChI=1S/C19H28F3N3/c1-15-13-24(10-11-25(15)18-6-8-23(2)9-7-18)14-16-4-3-5-17(12-16)19(20,21)22/h3-5,12,15,18H,6-11,13-14H2,1-2H3. The molecule has 2 heterocycles. The third-order valence-electron chi connectivity index (χ3n) is 5.58. The largest absolute Gasteiger partial charge is 0.416 e. The van der Waals surface area contributed by atoms with Crippen LogP contribution >= 0.6 is 0 Å². The van der Waals surface area contributed by atoms with Gasteiger partial charge in [-0.15, -0.1) is 0 Å². The highest BCUT2D eigenvalue weighted by molar-refractivity contribution is 5.25. The summed E-state index contributed by atoms with van der Waals surface area (Å²) < 4.78 is 38.6. The number of hydrogen-bond donors (Lipinski definition) is 0. The van der Waals surface area contributed by atoms with Gasteiger partial charge in [-0.05, 0) is 51.5 Å². The smallest absolute Gasteiger partial charge is 0.306 e. The lowest BCUT2D eigenvalue weighted by Gasteiger charge is -2.46. The molecule has 6 heteroatoms. The summed E-state index contributed by atoms with van der Waals surface area (Å²) in [6, 6.07) is 6.84. The van der Waals surface area contributed by atoms with Crippen LogP contribution in [0.2, 0.25) is 0 Å². The molecule has 1 aromatic rings. The first kappa shape index (κ1) is 18.7. The highest BCUT2D eigenvalue weighted by Gasteiger charge is 2.32. The van der Waals surface area contributed by atoms with E-state index in [-0.39, 0.29) is 0 Å². The first-order valence-corrected chi connectivity index (χ1v) is 9.15. The molecule has 0 saturated carbocycles. The Hall–Kier alpha value is -1.11. The van der Waals surface area contributed by atoms with E-state index in [1.807, 2.05) is 0 Å². The number of hydrogen-bond acceptors (Lipinski definition) is 3. The maximum Gasteiger partial charge on any atom is 0.416 e. The van der Waals surface area contributed by atoms with Crippen LogP contribution in [0.15, 0.2) is 24.3 Å². The zero-order valence-corrected chi connectivity index (χ0v) is 15.1. The number of piperidine rings is 1. The van der Waals surface area contributed by atoms with Crippen LogP contribution in [0.4, 0.5) is 13.2 Å². The molecule has 0 bridgehead atoms. The van der Waals surface area contributed by atoms with Crippen molar-refractivity contribution < 1.29 is 13.2 Å². The van der Waals surface area contributed by atoms with Gasteiger partial charge in [0.05, 0.1) is 5.56 Å². The van der Waals surface area contributed by atoms with E-state index < -0.39 is 11.7 Å². The molecule has 0 aromatic heterocycles. The van der Waals surface area contributed by atoms with Crippen LogP contribution in [0.1, 0.15) is 30.9 Å². The summed E-state index contributed by atoms with van der Waals surface area (Å²) in [7, 11) is 2.17. The fourth-order valence-corrected chi connectivity index (χ4v) is 4.16. The van der Waals surface area contributed by atoms with E-state index in [0.717, 1.165) is 44.4 Å². The molecule has 2 aliphatic rings. The number of halogens is 3. The third-order valence-corrected chi connectivity index (χ3v) is 5.58. The fourth-order valence-electron chi connectivity index (χ4n) is 4.16. The lowest BCUT2D eigenvalue weighted by molar-refractivity contribution is -0.137. The van der Waals surface area contributed by atoms with Gasteiger partial charge in [0.1, 0.15) is 0 Å². The average molecular weight is 355 g/mol. The van der Waals surface area contributed by atoms with Crippen molar-refractivity contribution in [2.75, 3.05) is 39.8 Å². The van der Waals surface area contributed by atoms with Crippen molar-refractivity contribution in [1.82, 2.24) is 14.7 Å². The molecule has 0 radical (unpaired) electrons. The summed E-state index contributed by atoms with van der Waals surface area (Å²) in [6.45, 7) is 8.00. The highest BCUT2D eigenvalue weighted by Crippen LogP contribution is 2.30. The highest BCUT2D eigenvalue weighted by atomic mass is 19.4. The molecule has 3 rings (SSSR count). The third kappa shape index (κ3) is 4.74. The number of likely N-dealkylation sites (tertiary alicyclic amines) is 1. The lowest BCUT2D eigenvalue weighted by Crippen LogP contribution is -2.56. The number of piperazine rings is 1. The predicted molar refractivity (Wildman–Crippen MR) is 93.4 cm³/mol. The predicted octanol–water partition coefficient (Wildman–Crippen LogP) is 3.31. The Labute approximate surface area is 148 Å². The second-order valence-corrected chi connectivity index (χ2v) is 7.55. The van der Waals surface area contributed by atoms with Gasteiger partial charge < -0.3 is 4.90 Å². The van der Waals surface area contributed by atoms with Crippen LogP contribution < -0.4 is 0 Å². The van der Waals surface area contributed by atoms with Gasteiger partial charge in [0.25, 0.3) is 0 Å². The lowest BCUT2D eigenvalue weighted by atomic mass is 10.00. The van der Waals surface area contributed by atoms with Gasteiger partial charge in [-0.1, -0.05) is 18.2 Å². The number of rotatable bonds is 3. The molecule has 1 aromatic carbocycles. The SMILES string of the molecule is CC1CN(Cc2cccc(C(F)(F)F)c2)CCN1C1CCN(C)CC1. The van der Waals surface area contributed by atoms with E-state index in [4.69, 9.17) is 0 Å². The van der Waals surface area contributed by atoms with Crippen LogP contribution in [0.3, 0.4) is 0 Å². The van der Waals surface area contributed by atoms with E-state index in [1.54, 1.807) is 6.07 Å². The van der Waals surface area contributed by atoms with Crippen molar-refractivity contribution in [2.45, 2.75) is 44.6 Å². The first-order valence-electron chi connectivity index (χ1n) is 9.15. The molecular formula is C19H28F3N3. The summed E-state index contributed by atoms with van der Waals surface area (Å²) in [5, 5.41) is 0. The second kappa shape index (κ2) is 7.64. The summed E-state index contributed by atoms with van der Waals surface area (Å²) in [4.78, 5) is 7.27. The van der Waals surface area contributed by atoms with Crippen molar-refractivity contribution in [2.24, 2.45) is 0 Å². The van der Waals surface area contributed by atoms with Crippen molar-refractivity contribution in [1.29, 1.82) is 0 Å². The van der Waals surface area contributed by atoms with E-state index in [2.05, 4.69) is 28.7 Å². The Kier molecular flexibility index (Phi) is 5.71. The zero-order chi connectivity index (χ0) is 18.0. The summed E-state index contributed by atoms with van der Waals surface area (Å²) in [5.41, 5.74) is 0.192. The summed E-state index contributed by atoms with van der Waals surface area (Å²) >= 11 is 0. The van der Waals surface area contributed by atoms with Crippen molar-refractivity contribution in [3.8, 4) is 0 Å². The molecule has 2 saturated heterocycles. The molecule has 0 spiro atoms. The van der Waals surface area contributed by atoms with Gasteiger partial charge in [-0.3, -0.25) is 9.80 Å². The van der Waals surface area contributed by atoms with Gasteiger partial charge in [0, 0.05) is 38.3 Å². The Balaban J connectivity index is 1.56. The van der Waals surface area contributed by atoms with Gasteiger partial charge in [0.2, 0.25) is 0 Å². The van der Waals surface area contributed by atoms with Crippen LogP contribution in [0.5, 0.6) is 0 Å². The van der Waals surface area contributed by atoms with Crippen molar-refractivity contribution in [3.05, 3.63) is 35.4 Å². The number of benzene rings is 1. The number of alkyl halides is 3. The Morgan fingerprint density at radius 1 is 1.08 bits per heavy atom. The minimum Gasteiger partial charge on any atom is -0.306 e. The molecule has 140 valence electrons. The zero-order valence-electron chi connectivity index (χ0n) is 15.1. The first-order chi connectivity index (χ1) is 11.8. The number of nitrogens with zero attached hydrogens (tertiary/aromatic N) is 3. The van der Waals surface area contributed by atoms with E-state index in [1.165, 1.54) is 25.0 Å². The summed E-state index contributed by atoms with van der Waals surface area (Å²) in [5.74, 6) is 0. The molecular weight excluding hydrogens is 327 g/mol. The molecule has 3 nitrogen and oxygen atoms in total. The minimum atomic E-state index is -4.27. The van der Waals surface area contributed by atoms with E-state index >= 15 is 0 Å². The summed E-state index contributed by atoms with van der Waals surface area (Å²) in [6.07, 6.45) is -1.83. The molecule has 2 aliphatic heterocycles.